The Morgan fingerprint density at radius 3 is 2.85 bits per heavy atom. The lowest BCUT2D eigenvalue weighted by atomic mass is 9.89. The van der Waals surface area contributed by atoms with Crippen LogP contribution in [0.25, 0.3) is 0 Å². The highest BCUT2D eigenvalue weighted by molar-refractivity contribution is 7.98. The molecule has 6 heteroatoms. The number of carbonyl (C=O) groups is 2. The standard InChI is InChI=1S/C20H22N2O3S/c1-22(12-13-5-4-6-15(9-13)26-3)20(24)17-11-19(23)21-18-8-7-14(25-2)10-16(17)18/h4-10,17H,11-12H2,1-3H3,(H,21,23). The molecule has 1 unspecified atom stereocenters. The Hall–Kier alpha value is -2.47. The molecule has 1 heterocycles. The zero-order chi connectivity index (χ0) is 18.7. The Morgan fingerprint density at radius 1 is 1.31 bits per heavy atom. The molecule has 0 radical (unpaired) electrons. The van der Waals surface area contributed by atoms with Crippen LogP contribution in [0.5, 0.6) is 5.75 Å². The van der Waals surface area contributed by atoms with Gasteiger partial charge in [-0.2, -0.15) is 0 Å². The number of rotatable bonds is 5. The van der Waals surface area contributed by atoms with Crippen LogP contribution in [-0.2, 0) is 16.1 Å². The highest BCUT2D eigenvalue weighted by Crippen LogP contribution is 2.36. The zero-order valence-corrected chi connectivity index (χ0v) is 15.9. The Bertz CT molecular complexity index is 838. The number of anilines is 1. The monoisotopic (exact) mass is 370 g/mol. The van der Waals surface area contributed by atoms with Gasteiger partial charge >= 0.3 is 0 Å². The van der Waals surface area contributed by atoms with Crippen molar-refractivity contribution in [2.24, 2.45) is 0 Å². The summed E-state index contributed by atoms with van der Waals surface area (Å²) in [6.07, 6.45) is 2.17. The number of methoxy groups -OCH3 is 1. The summed E-state index contributed by atoms with van der Waals surface area (Å²) in [5.41, 5.74) is 2.55. The summed E-state index contributed by atoms with van der Waals surface area (Å²) in [6, 6.07) is 13.5. The van der Waals surface area contributed by atoms with Crippen molar-refractivity contribution in [2.45, 2.75) is 23.8 Å². The van der Waals surface area contributed by atoms with E-state index in [2.05, 4.69) is 11.4 Å². The van der Waals surface area contributed by atoms with Crippen LogP contribution < -0.4 is 10.1 Å². The summed E-state index contributed by atoms with van der Waals surface area (Å²) in [7, 11) is 3.37. The average Bonchev–Trinajstić information content (AvgIpc) is 2.66. The van der Waals surface area contributed by atoms with Crippen LogP contribution in [0.3, 0.4) is 0 Å². The predicted octanol–water partition coefficient (Wildman–Crippen LogP) is 3.50. The van der Waals surface area contributed by atoms with E-state index in [0.717, 1.165) is 16.0 Å². The third-order valence-corrected chi connectivity index (χ3v) is 5.25. The van der Waals surface area contributed by atoms with Crippen molar-refractivity contribution in [3.8, 4) is 5.75 Å². The molecule has 1 aliphatic heterocycles. The number of thioether (sulfide) groups is 1. The molecule has 0 spiro atoms. The second-order valence-corrected chi connectivity index (χ2v) is 7.18. The molecule has 1 N–H and O–H groups in total. The lowest BCUT2D eigenvalue weighted by Gasteiger charge is -2.29. The quantitative estimate of drug-likeness (QED) is 0.819. The van der Waals surface area contributed by atoms with Crippen molar-refractivity contribution >= 4 is 29.3 Å². The molecule has 26 heavy (non-hydrogen) atoms. The van der Waals surface area contributed by atoms with Gasteiger partial charge in [0.05, 0.1) is 13.0 Å². The zero-order valence-electron chi connectivity index (χ0n) is 15.1. The number of carbonyl (C=O) groups excluding carboxylic acids is 2. The number of benzene rings is 2. The number of ether oxygens (including phenoxy) is 1. The van der Waals surface area contributed by atoms with Gasteiger partial charge in [0, 0.05) is 30.6 Å². The number of hydrogen-bond donors (Lipinski definition) is 1. The summed E-state index contributed by atoms with van der Waals surface area (Å²) >= 11 is 1.67. The third kappa shape index (κ3) is 3.85. The lowest BCUT2D eigenvalue weighted by molar-refractivity contribution is -0.134. The van der Waals surface area contributed by atoms with Crippen molar-refractivity contribution in [3.63, 3.8) is 0 Å². The smallest absolute Gasteiger partial charge is 0.230 e. The van der Waals surface area contributed by atoms with Crippen LogP contribution in [0, 0.1) is 0 Å². The van der Waals surface area contributed by atoms with Gasteiger partial charge in [-0.3, -0.25) is 9.59 Å². The van der Waals surface area contributed by atoms with E-state index in [-0.39, 0.29) is 18.2 Å². The van der Waals surface area contributed by atoms with Gasteiger partial charge in [0.25, 0.3) is 0 Å². The summed E-state index contributed by atoms with van der Waals surface area (Å²) < 4.78 is 5.28. The first-order valence-corrected chi connectivity index (χ1v) is 9.60. The van der Waals surface area contributed by atoms with Crippen LogP contribution in [0.2, 0.25) is 0 Å². The molecule has 1 aliphatic rings. The van der Waals surface area contributed by atoms with Crippen LogP contribution in [0.4, 0.5) is 5.69 Å². The van der Waals surface area contributed by atoms with E-state index < -0.39 is 5.92 Å². The van der Waals surface area contributed by atoms with E-state index in [4.69, 9.17) is 4.74 Å². The van der Waals surface area contributed by atoms with E-state index in [1.54, 1.807) is 43.0 Å². The van der Waals surface area contributed by atoms with Gasteiger partial charge in [0.15, 0.2) is 0 Å². The van der Waals surface area contributed by atoms with Crippen molar-refractivity contribution in [3.05, 3.63) is 53.6 Å². The average molecular weight is 370 g/mol. The first-order valence-electron chi connectivity index (χ1n) is 8.37. The SMILES string of the molecule is COc1ccc2c(c1)C(C(=O)N(C)Cc1cccc(SC)c1)CC(=O)N2. The molecule has 5 nitrogen and oxygen atoms in total. The first kappa shape index (κ1) is 18.3. The molecule has 0 aromatic heterocycles. The van der Waals surface area contributed by atoms with E-state index in [9.17, 15) is 9.59 Å². The summed E-state index contributed by atoms with van der Waals surface area (Å²) in [5.74, 6) is -0.0293. The van der Waals surface area contributed by atoms with Gasteiger partial charge in [0.1, 0.15) is 5.75 Å². The van der Waals surface area contributed by atoms with Gasteiger partial charge in [-0.25, -0.2) is 0 Å². The van der Waals surface area contributed by atoms with Crippen molar-refractivity contribution < 1.29 is 14.3 Å². The maximum Gasteiger partial charge on any atom is 0.230 e. The van der Waals surface area contributed by atoms with Gasteiger partial charge in [0.2, 0.25) is 11.8 Å². The summed E-state index contributed by atoms with van der Waals surface area (Å²) in [4.78, 5) is 28.0. The van der Waals surface area contributed by atoms with Crippen molar-refractivity contribution in [2.75, 3.05) is 25.7 Å². The Labute approximate surface area is 157 Å². The molecule has 0 saturated heterocycles. The Morgan fingerprint density at radius 2 is 2.12 bits per heavy atom. The highest BCUT2D eigenvalue weighted by atomic mass is 32.2. The van der Waals surface area contributed by atoms with Gasteiger partial charge in [-0.1, -0.05) is 12.1 Å². The molecule has 2 aromatic rings. The number of nitrogens with one attached hydrogen (secondary N) is 1. The normalized spacial score (nSPS) is 15.8. The number of likely N-dealkylation sites (N-methyl/N-ethyl adjacent to an activating group) is 1. The highest BCUT2D eigenvalue weighted by Gasteiger charge is 2.32. The molecular formula is C20H22N2O3S. The third-order valence-electron chi connectivity index (χ3n) is 4.53. The fourth-order valence-electron chi connectivity index (χ4n) is 3.18. The van der Waals surface area contributed by atoms with Crippen molar-refractivity contribution in [1.29, 1.82) is 0 Å². The molecule has 2 aromatic carbocycles. The molecule has 0 bridgehead atoms. The molecular weight excluding hydrogens is 348 g/mol. The number of hydrogen-bond acceptors (Lipinski definition) is 4. The second kappa shape index (κ2) is 7.83. The predicted molar refractivity (Wildman–Crippen MR) is 104 cm³/mol. The largest absolute Gasteiger partial charge is 0.497 e. The van der Waals surface area contributed by atoms with E-state index >= 15 is 0 Å². The van der Waals surface area contributed by atoms with Crippen molar-refractivity contribution in [1.82, 2.24) is 4.90 Å². The number of nitrogens with zero attached hydrogens (tertiary/aromatic N) is 1. The molecule has 1 atom stereocenters. The number of fused-ring (bicyclic) bond motifs is 1. The van der Waals surface area contributed by atoms with Gasteiger partial charge in [-0.15, -0.1) is 11.8 Å². The Balaban J connectivity index is 1.83. The summed E-state index contributed by atoms with van der Waals surface area (Å²) in [5, 5.41) is 2.83. The minimum atomic E-state index is -0.498. The maximum absolute atomic E-state index is 13.1. The minimum absolute atomic E-state index is 0.0658. The summed E-state index contributed by atoms with van der Waals surface area (Å²) in [6.45, 7) is 0.505. The Kier molecular flexibility index (Phi) is 5.52. The molecule has 2 amide bonds. The molecule has 0 saturated carbocycles. The maximum atomic E-state index is 13.1. The fraction of sp³-hybridized carbons (Fsp3) is 0.300. The topological polar surface area (TPSA) is 58.6 Å². The molecule has 0 aliphatic carbocycles. The molecule has 0 fully saturated rings. The minimum Gasteiger partial charge on any atom is -0.497 e. The van der Waals surface area contributed by atoms with Crippen LogP contribution >= 0.6 is 11.8 Å². The molecule has 136 valence electrons. The van der Waals surface area contributed by atoms with Crippen LogP contribution in [-0.4, -0.2) is 37.1 Å². The first-order chi connectivity index (χ1) is 12.5. The number of amides is 2. The van der Waals surface area contributed by atoms with E-state index in [0.29, 0.717) is 18.0 Å². The fourth-order valence-corrected chi connectivity index (χ4v) is 3.66. The van der Waals surface area contributed by atoms with E-state index in [1.807, 2.05) is 30.5 Å². The second-order valence-electron chi connectivity index (χ2n) is 6.30. The van der Waals surface area contributed by atoms with Crippen LogP contribution in [0.15, 0.2) is 47.4 Å². The van der Waals surface area contributed by atoms with Gasteiger partial charge in [-0.05, 0) is 47.7 Å². The van der Waals surface area contributed by atoms with E-state index in [1.165, 1.54) is 0 Å². The van der Waals surface area contributed by atoms with Gasteiger partial charge < -0.3 is 15.0 Å². The lowest BCUT2D eigenvalue weighted by Crippen LogP contribution is -2.36. The van der Waals surface area contributed by atoms with Crippen LogP contribution in [0.1, 0.15) is 23.5 Å². The molecule has 3 rings (SSSR count).